The number of hydrogen-bond acceptors (Lipinski definition) is 3. The van der Waals surface area contributed by atoms with Crippen molar-refractivity contribution in [2.75, 3.05) is 7.11 Å². The normalized spacial score (nSPS) is 21.4. The van der Waals surface area contributed by atoms with Gasteiger partial charge in [0, 0.05) is 16.9 Å². The summed E-state index contributed by atoms with van der Waals surface area (Å²) >= 11 is 2.20. The zero-order valence-corrected chi connectivity index (χ0v) is 13.5. The molecular formula is C16H30O2S. The van der Waals surface area contributed by atoms with Gasteiger partial charge in [-0.05, 0) is 19.3 Å². The lowest BCUT2D eigenvalue weighted by atomic mass is 10.0. The van der Waals surface area contributed by atoms with E-state index >= 15 is 0 Å². The van der Waals surface area contributed by atoms with Crippen molar-refractivity contribution >= 4 is 17.7 Å². The van der Waals surface area contributed by atoms with Crippen molar-refractivity contribution in [1.29, 1.82) is 0 Å². The Morgan fingerprint density at radius 2 is 1.53 bits per heavy atom. The number of ether oxygens (including phenoxy) is 1. The van der Waals surface area contributed by atoms with Crippen LogP contribution in [0.1, 0.15) is 77.6 Å². The molecule has 0 amide bonds. The Morgan fingerprint density at radius 3 is 2.16 bits per heavy atom. The molecule has 1 aliphatic rings. The maximum atomic E-state index is 10.9. The molecule has 1 heterocycles. The number of esters is 1. The molecule has 19 heavy (non-hydrogen) atoms. The second-order valence-electron chi connectivity index (χ2n) is 5.59. The third-order valence-electron chi connectivity index (χ3n) is 3.88. The monoisotopic (exact) mass is 286 g/mol. The molecule has 0 aromatic heterocycles. The first-order valence-electron chi connectivity index (χ1n) is 8.00. The van der Waals surface area contributed by atoms with Gasteiger partial charge in [-0.2, -0.15) is 11.8 Å². The first-order valence-corrected chi connectivity index (χ1v) is 8.94. The summed E-state index contributed by atoms with van der Waals surface area (Å²) in [6.45, 7) is 2.28. The molecule has 1 fully saturated rings. The largest absolute Gasteiger partial charge is 0.469 e. The molecular weight excluding hydrogens is 256 g/mol. The van der Waals surface area contributed by atoms with Crippen LogP contribution < -0.4 is 0 Å². The third-order valence-corrected chi connectivity index (χ3v) is 5.39. The number of thioether (sulfide) groups is 1. The molecule has 3 heteroatoms. The van der Waals surface area contributed by atoms with Crippen LogP contribution in [-0.4, -0.2) is 23.6 Å². The Labute approximate surface area is 123 Å². The van der Waals surface area contributed by atoms with Gasteiger partial charge in [0.1, 0.15) is 0 Å². The predicted octanol–water partition coefficient (Wildman–Crippen LogP) is 4.95. The maximum Gasteiger partial charge on any atom is 0.305 e. The minimum absolute atomic E-state index is 0.0655. The van der Waals surface area contributed by atoms with Gasteiger partial charge in [-0.1, -0.05) is 51.9 Å². The first-order chi connectivity index (χ1) is 9.27. The number of methoxy groups -OCH3 is 1. The average molecular weight is 286 g/mol. The van der Waals surface area contributed by atoms with Gasteiger partial charge < -0.3 is 4.74 Å². The summed E-state index contributed by atoms with van der Waals surface area (Å²) in [5.41, 5.74) is 0. The Kier molecular flexibility index (Phi) is 9.40. The number of hydrogen-bond donors (Lipinski definition) is 0. The van der Waals surface area contributed by atoms with Gasteiger partial charge in [0.05, 0.1) is 7.11 Å². The fourth-order valence-electron chi connectivity index (χ4n) is 2.53. The van der Waals surface area contributed by atoms with E-state index in [1.54, 1.807) is 0 Å². The highest BCUT2D eigenvalue weighted by Gasteiger charge is 2.36. The average Bonchev–Trinajstić information content (AvgIpc) is 3.16. The first kappa shape index (κ1) is 16.9. The van der Waals surface area contributed by atoms with Gasteiger partial charge in [-0.25, -0.2) is 0 Å². The molecule has 112 valence electrons. The van der Waals surface area contributed by atoms with Crippen molar-refractivity contribution in [2.24, 2.45) is 0 Å². The zero-order valence-electron chi connectivity index (χ0n) is 12.7. The molecule has 0 radical (unpaired) electrons. The van der Waals surface area contributed by atoms with Gasteiger partial charge in [-0.15, -0.1) is 0 Å². The van der Waals surface area contributed by atoms with E-state index in [0.29, 0.717) is 6.42 Å². The van der Waals surface area contributed by atoms with E-state index < -0.39 is 0 Å². The van der Waals surface area contributed by atoms with Gasteiger partial charge in [0.2, 0.25) is 0 Å². The van der Waals surface area contributed by atoms with E-state index in [1.165, 1.54) is 64.9 Å². The Bertz CT molecular complexity index is 243. The fraction of sp³-hybridized carbons (Fsp3) is 0.938. The molecule has 0 aliphatic carbocycles. The summed E-state index contributed by atoms with van der Waals surface area (Å²) in [7, 11) is 1.46. The Balaban J connectivity index is 1.79. The van der Waals surface area contributed by atoms with Crippen molar-refractivity contribution in [3.05, 3.63) is 0 Å². The summed E-state index contributed by atoms with van der Waals surface area (Å²) in [5, 5.41) is 1.97. The highest BCUT2D eigenvalue weighted by Crippen LogP contribution is 2.47. The van der Waals surface area contributed by atoms with Crippen LogP contribution in [0.25, 0.3) is 0 Å². The number of rotatable bonds is 12. The van der Waals surface area contributed by atoms with E-state index in [2.05, 4.69) is 23.4 Å². The lowest BCUT2D eigenvalue weighted by Gasteiger charge is -2.01. The molecule has 1 rings (SSSR count). The quantitative estimate of drug-likeness (QED) is 0.288. The molecule has 0 aromatic rings. The minimum atomic E-state index is -0.0655. The van der Waals surface area contributed by atoms with Crippen molar-refractivity contribution in [3.8, 4) is 0 Å². The molecule has 0 bridgehead atoms. The highest BCUT2D eigenvalue weighted by atomic mass is 32.2. The molecule has 2 atom stereocenters. The summed E-state index contributed by atoms with van der Waals surface area (Å²) in [6.07, 6.45) is 13.8. The number of unbranched alkanes of at least 4 members (excludes halogenated alkanes) is 6. The van der Waals surface area contributed by atoms with Gasteiger partial charge >= 0.3 is 5.97 Å². The maximum absolute atomic E-state index is 10.9. The van der Waals surface area contributed by atoms with Crippen LogP contribution >= 0.6 is 11.8 Å². The molecule has 0 spiro atoms. The van der Waals surface area contributed by atoms with Crippen molar-refractivity contribution in [3.63, 3.8) is 0 Å². The van der Waals surface area contributed by atoms with E-state index in [1.807, 2.05) is 0 Å². The van der Waals surface area contributed by atoms with Crippen molar-refractivity contribution < 1.29 is 9.53 Å². The second kappa shape index (κ2) is 10.6. The standard InChI is InChI=1S/C16H30O2S/c1-3-4-8-11-14-15(19-14)12-9-6-5-7-10-13-16(17)18-2/h14-15H,3-13H2,1-2H3. The van der Waals surface area contributed by atoms with Gasteiger partial charge in [0.15, 0.2) is 0 Å². The summed E-state index contributed by atoms with van der Waals surface area (Å²) in [4.78, 5) is 10.9. The lowest BCUT2D eigenvalue weighted by molar-refractivity contribution is -0.140. The zero-order chi connectivity index (χ0) is 13.9. The number of carbonyl (C=O) groups is 1. The van der Waals surface area contributed by atoms with E-state index in [4.69, 9.17) is 0 Å². The molecule has 0 N–H and O–H groups in total. The van der Waals surface area contributed by atoms with Crippen LogP contribution in [-0.2, 0) is 9.53 Å². The van der Waals surface area contributed by atoms with Crippen LogP contribution in [0.4, 0.5) is 0 Å². The fourth-order valence-corrected chi connectivity index (χ4v) is 3.77. The highest BCUT2D eigenvalue weighted by molar-refractivity contribution is 8.07. The van der Waals surface area contributed by atoms with E-state index in [9.17, 15) is 4.79 Å². The topological polar surface area (TPSA) is 26.3 Å². The smallest absolute Gasteiger partial charge is 0.305 e. The van der Waals surface area contributed by atoms with Gasteiger partial charge in [0.25, 0.3) is 0 Å². The van der Waals surface area contributed by atoms with Crippen LogP contribution in [0, 0.1) is 0 Å². The summed E-state index contributed by atoms with van der Waals surface area (Å²) in [5.74, 6) is -0.0655. The predicted molar refractivity (Wildman–Crippen MR) is 83.6 cm³/mol. The minimum Gasteiger partial charge on any atom is -0.469 e. The molecule has 2 nitrogen and oxygen atoms in total. The van der Waals surface area contributed by atoms with Crippen LogP contribution in [0.3, 0.4) is 0 Å². The lowest BCUT2D eigenvalue weighted by Crippen LogP contribution is -1.99. The van der Waals surface area contributed by atoms with Crippen LogP contribution in [0.15, 0.2) is 0 Å². The number of carbonyl (C=O) groups excluding carboxylic acids is 1. The third kappa shape index (κ3) is 8.56. The molecule has 2 unspecified atom stereocenters. The SMILES string of the molecule is CCCCCC1SC1CCCCCCCC(=O)OC. The molecule has 1 saturated heterocycles. The van der Waals surface area contributed by atoms with Crippen LogP contribution in [0.2, 0.25) is 0 Å². The molecule has 0 aromatic carbocycles. The Morgan fingerprint density at radius 1 is 0.947 bits per heavy atom. The molecule has 0 saturated carbocycles. The Hall–Kier alpha value is -0.180. The van der Waals surface area contributed by atoms with Crippen LogP contribution in [0.5, 0.6) is 0 Å². The molecule has 1 aliphatic heterocycles. The summed E-state index contributed by atoms with van der Waals surface area (Å²) < 4.78 is 4.63. The second-order valence-corrected chi connectivity index (χ2v) is 7.07. The van der Waals surface area contributed by atoms with E-state index in [0.717, 1.165) is 16.9 Å². The summed E-state index contributed by atoms with van der Waals surface area (Å²) in [6, 6.07) is 0. The van der Waals surface area contributed by atoms with Crippen molar-refractivity contribution in [1.82, 2.24) is 0 Å². The van der Waals surface area contributed by atoms with Gasteiger partial charge in [-0.3, -0.25) is 4.79 Å². The van der Waals surface area contributed by atoms with E-state index in [-0.39, 0.29) is 5.97 Å². The van der Waals surface area contributed by atoms with Crippen molar-refractivity contribution in [2.45, 2.75) is 88.1 Å².